The minimum atomic E-state index is -0.235. The van der Waals surface area contributed by atoms with Crippen LogP contribution in [0.25, 0.3) is 0 Å². The maximum absolute atomic E-state index is 12.8. The average Bonchev–Trinajstić information content (AvgIpc) is 3.06. The number of furan rings is 1. The number of Topliss-reactive ketones (excluding diaryl/α,β-unsaturated/α-hetero) is 1. The topological polar surface area (TPSA) is 56.5 Å². The van der Waals surface area contributed by atoms with Crippen molar-refractivity contribution < 1.29 is 18.7 Å². The molecule has 0 radical (unpaired) electrons. The van der Waals surface area contributed by atoms with E-state index in [-0.39, 0.29) is 34.6 Å². The smallest absolute Gasteiger partial charge is 0.302 e. The van der Waals surface area contributed by atoms with Gasteiger partial charge in [0.1, 0.15) is 6.10 Å². The highest BCUT2D eigenvalue weighted by Crippen LogP contribution is 2.60. The van der Waals surface area contributed by atoms with Crippen molar-refractivity contribution in [2.24, 2.45) is 16.7 Å². The summed E-state index contributed by atoms with van der Waals surface area (Å²) in [6.45, 7) is 10.1. The van der Waals surface area contributed by atoms with Crippen molar-refractivity contribution in [2.75, 3.05) is 0 Å². The molecule has 4 nitrogen and oxygen atoms in total. The van der Waals surface area contributed by atoms with Gasteiger partial charge in [-0.3, -0.25) is 9.59 Å². The van der Waals surface area contributed by atoms with Crippen LogP contribution in [0, 0.1) is 16.7 Å². The summed E-state index contributed by atoms with van der Waals surface area (Å²) in [5, 5.41) is 0. The zero-order valence-corrected chi connectivity index (χ0v) is 16.6. The number of esters is 1. The molecule has 1 aromatic heterocycles. The fraction of sp³-hybridized carbons (Fsp3) is 0.636. The Hall–Kier alpha value is -1.84. The van der Waals surface area contributed by atoms with Crippen LogP contribution < -0.4 is 0 Å². The second-order valence-corrected chi connectivity index (χ2v) is 8.79. The third-order valence-corrected chi connectivity index (χ3v) is 6.92. The fourth-order valence-corrected chi connectivity index (χ4v) is 5.40. The molecule has 0 aliphatic heterocycles. The highest BCUT2D eigenvalue weighted by atomic mass is 16.5. The normalized spacial score (nSPS) is 30.9. The number of allylic oxidation sites excluding steroid dienone is 2. The number of ketones is 1. The first-order valence-corrected chi connectivity index (χ1v) is 9.58. The molecule has 2 aliphatic carbocycles. The summed E-state index contributed by atoms with van der Waals surface area (Å²) in [7, 11) is 0. The third kappa shape index (κ3) is 3.15. The number of fused-ring (bicyclic) bond motifs is 1. The first kappa shape index (κ1) is 18.9. The minimum Gasteiger partial charge on any atom is -0.472 e. The monoisotopic (exact) mass is 358 g/mol. The molecule has 1 aromatic rings. The Kier molecular flexibility index (Phi) is 4.89. The van der Waals surface area contributed by atoms with Gasteiger partial charge in [0.2, 0.25) is 0 Å². The molecular weight excluding hydrogens is 328 g/mol. The molecule has 0 spiro atoms. The van der Waals surface area contributed by atoms with Gasteiger partial charge in [-0.05, 0) is 61.1 Å². The van der Waals surface area contributed by atoms with Gasteiger partial charge in [0.05, 0.1) is 12.5 Å². The summed E-state index contributed by atoms with van der Waals surface area (Å²) >= 11 is 0. The largest absolute Gasteiger partial charge is 0.472 e. The molecule has 0 bridgehead atoms. The average molecular weight is 358 g/mol. The SMILES string of the molecule is CC(=O)O[C@@H]1CC[C@@]2(C)C(CCc3ccoc3)=C(C)C(=O)C[C@H]2C1(C)C. The van der Waals surface area contributed by atoms with E-state index in [0.717, 1.165) is 36.8 Å². The molecule has 0 amide bonds. The Bertz CT molecular complexity index is 725. The second kappa shape index (κ2) is 6.71. The zero-order chi connectivity index (χ0) is 19.1. The van der Waals surface area contributed by atoms with Crippen LogP contribution in [0.3, 0.4) is 0 Å². The van der Waals surface area contributed by atoms with Crippen molar-refractivity contribution in [3.63, 3.8) is 0 Å². The Morgan fingerprint density at radius 1 is 1.31 bits per heavy atom. The quantitative estimate of drug-likeness (QED) is 0.720. The summed E-state index contributed by atoms with van der Waals surface area (Å²) in [5.74, 6) is 0.190. The molecule has 142 valence electrons. The Morgan fingerprint density at radius 2 is 2.04 bits per heavy atom. The van der Waals surface area contributed by atoms with Crippen LogP contribution in [-0.2, 0) is 20.7 Å². The molecule has 1 heterocycles. The van der Waals surface area contributed by atoms with Crippen molar-refractivity contribution in [3.8, 4) is 0 Å². The van der Waals surface area contributed by atoms with E-state index in [2.05, 4.69) is 20.8 Å². The maximum atomic E-state index is 12.8. The van der Waals surface area contributed by atoms with Crippen molar-refractivity contribution in [2.45, 2.75) is 72.8 Å². The molecule has 0 aromatic carbocycles. The van der Waals surface area contributed by atoms with E-state index in [1.54, 1.807) is 12.5 Å². The van der Waals surface area contributed by atoms with E-state index in [1.807, 2.05) is 13.0 Å². The molecule has 26 heavy (non-hydrogen) atoms. The Morgan fingerprint density at radius 3 is 2.65 bits per heavy atom. The summed E-state index contributed by atoms with van der Waals surface area (Å²) in [6.07, 6.45) is 7.44. The molecule has 4 heteroatoms. The number of hydrogen-bond donors (Lipinski definition) is 0. The molecule has 3 rings (SSSR count). The van der Waals surface area contributed by atoms with Crippen molar-refractivity contribution in [1.29, 1.82) is 0 Å². The number of hydrogen-bond acceptors (Lipinski definition) is 4. The van der Waals surface area contributed by atoms with Gasteiger partial charge in [-0.25, -0.2) is 0 Å². The van der Waals surface area contributed by atoms with Crippen LogP contribution in [0.4, 0.5) is 0 Å². The lowest BCUT2D eigenvalue weighted by atomic mass is 9.48. The molecule has 1 saturated carbocycles. The summed E-state index contributed by atoms with van der Waals surface area (Å²) < 4.78 is 10.8. The van der Waals surface area contributed by atoms with Gasteiger partial charge < -0.3 is 9.15 Å². The summed E-state index contributed by atoms with van der Waals surface area (Å²) in [6, 6.07) is 1.99. The number of aryl methyl sites for hydroxylation is 1. The highest BCUT2D eigenvalue weighted by molar-refractivity contribution is 5.97. The number of carbonyl (C=O) groups excluding carboxylic acids is 2. The van der Waals surface area contributed by atoms with Gasteiger partial charge in [-0.1, -0.05) is 26.3 Å². The number of rotatable bonds is 4. The maximum Gasteiger partial charge on any atom is 0.302 e. The molecule has 2 aliphatic rings. The lowest BCUT2D eigenvalue weighted by Gasteiger charge is -2.57. The van der Waals surface area contributed by atoms with Gasteiger partial charge in [0.25, 0.3) is 0 Å². The summed E-state index contributed by atoms with van der Waals surface area (Å²) in [4.78, 5) is 24.3. The molecule has 0 saturated heterocycles. The van der Waals surface area contributed by atoms with Crippen molar-refractivity contribution in [1.82, 2.24) is 0 Å². The second-order valence-electron chi connectivity index (χ2n) is 8.79. The Balaban J connectivity index is 1.92. The van der Waals surface area contributed by atoms with Gasteiger partial charge in [-0.2, -0.15) is 0 Å². The van der Waals surface area contributed by atoms with Crippen LogP contribution in [-0.4, -0.2) is 17.9 Å². The fourth-order valence-electron chi connectivity index (χ4n) is 5.40. The summed E-state index contributed by atoms with van der Waals surface area (Å²) in [5.41, 5.74) is 3.14. The number of ether oxygens (including phenoxy) is 1. The van der Waals surface area contributed by atoms with E-state index in [0.29, 0.717) is 6.42 Å². The molecule has 0 unspecified atom stereocenters. The van der Waals surface area contributed by atoms with E-state index in [1.165, 1.54) is 12.5 Å². The van der Waals surface area contributed by atoms with E-state index in [4.69, 9.17) is 9.15 Å². The molecule has 0 N–H and O–H groups in total. The van der Waals surface area contributed by atoms with E-state index < -0.39 is 0 Å². The van der Waals surface area contributed by atoms with Crippen LogP contribution in [0.1, 0.15) is 65.9 Å². The van der Waals surface area contributed by atoms with Gasteiger partial charge in [0.15, 0.2) is 5.78 Å². The van der Waals surface area contributed by atoms with E-state index >= 15 is 0 Å². The first-order chi connectivity index (χ1) is 12.2. The zero-order valence-electron chi connectivity index (χ0n) is 16.6. The first-order valence-electron chi connectivity index (χ1n) is 9.58. The molecule has 1 fully saturated rings. The van der Waals surface area contributed by atoms with E-state index in [9.17, 15) is 9.59 Å². The van der Waals surface area contributed by atoms with Gasteiger partial charge in [-0.15, -0.1) is 0 Å². The molecular formula is C22H30O4. The van der Waals surface area contributed by atoms with Crippen molar-refractivity contribution in [3.05, 3.63) is 35.3 Å². The highest BCUT2D eigenvalue weighted by Gasteiger charge is 2.56. The van der Waals surface area contributed by atoms with Crippen LogP contribution in [0.5, 0.6) is 0 Å². The lowest BCUT2D eigenvalue weighted by molar-refractivity contribution is -0.167. The van der Waals surface area contributed by atoms with Crippen molar-refractivity contribution >= 4 is 11.8 Å². The predicted octanol–water partition coefficient (Wildman–Crippen LogP) is 4.88. The van der Waals surface area contributed by atoms with Crippen LogP contribution in [0.2, 0.25) is 0 Å². The van der Waals surface area contributed by atoms with Crippen LogP contribution >= 0.6 is 0 Å². The third-order valence-electron chi connectivity index (χ3n) is 6.92. The van der Waals surface area contributed by atoms with Crippen LogP contribution in [0.15, 0.2) is 34.2 Å². The van der Waals surface area contributed by atoms with Gasteiger partial charge >= 0.3 is 5.97 Å². The minimum absolute atomic E-state index is 0.0259. The van der Waals surface area contributed by atoms with Gasteiger partial charge in [0, 0.05) is 18.8 Å². The predicted molar refractivity (Wildman–Crippen MR) is 99.5 cm³/mol. The lowest BCUT2D eigenvalue weighted by Crippen LogP contribution is -2.54. The Labute approximate surface area is 156 Å². The molecule has 3 atom stereocenters. The standard InChI is InChI=1S/C22H30O4/c1-14-17(7-6-16-9-11-25-13-16)22(5)10-8-20(26-15(2)23)21(3,4)19(22)12-18(14)24/h9,11,13,19-20H,6-8,10,12H2,1-5H3/t19-,20+,22-/m0/s1. The number of carbonyl (C=O) groups is 2.